The monoisotopic (exact) mass is 288 g/mol. The predicted octanol–water partition coefficient (Wildman–Crippen LogP) is 4.93. The van der Waals surface area contributed by atoms with Gasteiger partial charge in [-0.3, -0.25) is 4.79 Å². The number of carboxylic acid groups (broad SMARTS) is 1. The van der Waals surface area contributed by atoms with E-state index in [4.69, 9.17) is 0 Å². The van der Waals surface area contributed by atoms with Gasteiger partial charge in [-0.1, -0.05) is 50.1 Å². The first-order chi connectivity index (χ1) is 10.2. The summed E-state index contributed by atoms with van der Waals surface area (Å²) in [5.41, 5.74) is 1.37. The lowest BCUT2D eigenvalue weighted by Gasteiger charge is -2.34. The van der Waals surface area contributed by atoms with Crippen molar-refractivity contribution >= 4 is 5.97 Å². The Balaban J connectivity index is 1.85. The summed E-state index contributed by atoms with van der Waals surface area (Å²) < 4.78 is 0. The lowest BCUT2D eigenvalue weighted by molar-refractivity contribution is -0.145. The molecule has 0 amide bonds. The Morgan fingerprint density at radius 1 is 1.19 bits per heavy atom. The first kappa shape index (κ1) is 16.1. The van der Waals surface area contributed by atoms with Crippen molar-refractivity contribution in [1.29, 1.82) is 0 Å². The Kier molecular flexibility index (Phi) is 6.28. The van der Waals surface area contributed by atoms with Crippen molar-refractivity contribution in [2.45, 2.75) is 58.3 Å². The Morgan fingerprint density at radius 2 is 1.95 bits per heavy atom. The van der Waals surface area contributed by atoms with E-state index in [1.807, 2.05) is 6.07 Å². The Bertz CT molecular complexity index is 426. The summed E-state index contributed by atoms with van der Waals surface area (Å²) in [6.07, 6.45) is 8.85. The number of hydrogen-bond acceptors (Lipinski definition) is 1. The second kappa shape index (κ2) is 8.21. The number of carbonyl (C=O) groups is 1. The van der Waals surface area contributed by atoms with Gasteiger partial charge < -0.3 is 5.11 Å². The molecule has 1 aromatic rings. The van der Waals surface area contributed by atoms with E-state index in [-0.39, 0.29) is 5.92 Å². The third-order valence-corrected chi connectivity index (χ3v) is 4.99. The Labute approximate surface area is 128 Å². The number of carboxylic acids is 1. The molecule has 2 nitrogen and oxygen atoms in total. The zero-order valence-corrected chi connectivity index (χ0v) is 13.1. The van der Waals surface area contributed by atoms with Crippen LogP contribution in [0.1, 0.15) is 57.4 Å². The average Bonchev–Trinajstić information content (AvgIpc) is 2.49. The maximum Gasteiger partial charge on any atom is 0.306 e. The topological polar surface area (TPSA) is 37.3 Å². The van der Waals surface area contributed by atoms with Gasteiger partial charge >= 0.3 is 5.97 Å². The van der Waals surface area contributed by atoms with Gasteiger partial charge in [-0.15, -0.1) is 0 Å². The molecule has 3 atom stereocenters. The summed E-state index contributed by atoms with van der Waals surface area (Å²) in [4.78, 5) is 11.5. The van der Waals surface area contributed by atoms with Crippen molar-refractivity contribution < 1.29 is 9.90 Å². The highest BCUT2D eigenvalue weighted by Crippen LogP contribution is 2.38. The van der Waals surface area contributed by atoms with Crippen molar-refractivity contribution in [2.75, 3.05) is 0 Å². The standard InChI is InChI=1S/C19H28O2/c1-2-7-16-12-13-18(19(20)21)17(14-16)11-6-10-15-8-4-3-5-9-15/h3-5,8-9,16-18H,2,6-7,10-14H2,1H3,(H,20,21). The van der Waals surface area contributed by atoms with Crippen molar-refractivity contribution in [3.05, 3.63) is 35.9 Å². The maximum absolute atomic E-state index is 11.5. The normalized spacial score (nSPS) is 25.7. The minimum atomic E-state index is -0.574. The number of benzene rings is 1. The summed E-state index contributed by atoms with van der Waals surface area (Å²) in [5.74, 6) is 0.465. The fraction of sp³-hybridized carbons (Fsp3) is 0.632. The Hall–Kier alpha value is -1.31. The van der Waals surface area contributed by atoms with Crippen LogP contribution in [0.3, 0.4) is 0 Å². The number of rotatable bonds is 7. The van der Waals surface area contributed by atoms with Crippen molar-refractivity contribution in [3.8, 4) is 0 Å². The van der Waals surface area contributed by atoms with Gasteiger partial charge in [0, 0.05) is 0 Å². The molecule has 0 bridgehead atoms. The molecule has 0 radical (unpaired) electrons. The van der Waals surface area contributed by atoms with Crippen molar-refractivity contribution in [2.24, 2.45) is 17.8 Å². The molecule has 0 aromatic heterocycles. The van der Waals surface area contributed by atoms with E-state index in [9.17, 15) is 9.90 Å². The second-order valence-electron chi connectivity index (χ2n) is 6.55. The molecule has 21 heavy (non-hydrogen) atoms. The first-order valence-corrected chi connectivity index (χ1v) is 8.47. The maximum atomic E-state index is 11.5. The van der Waals surface area contributed by atoms with E-state index in [1.54, 1.807) is 0 Å². The molecule has 1 saturated carbocycles. The van der Waals surface area contributed by atoms with Crippen molar-refractivity contribution in [1.82, 2.24) is 0 Å². The summed E-state index contributed by atoms with van der Waals surface area (Å²) in [5, 5.41) is 9.44. The van der Waals surface area contributed by atoms with Gasteiger partial charge in [-0.25, -0.2) is 0 Å². The van der Waals surface area contributed by atoms with E-state index < -0.39 is 5.97 Å². The SMILES string of the molecule is CCCC1CCC(C(=O)O)C(CCCc2ccccc2)C1. The lowest BCUT2D eigenvalue weighted by Crippen LogP contribution is -2.30. The van der Waals surface area contributed by atoms with Crippen LogP contribution in [0.25, 0.3) is 0 Å². The molecule has 1 N–H and O–H groups in total. The molecule has 1 aliphatic rings. The number of aliphatic carboxylic acids is 1. The van der Waals surface area contributed by atoms with E-state index in [1.165, 1.54) is 18.4 Å². The van der Waals surface area contributed by atoms with Gasteiger partial charge in [0.25, 0.3) is 0 Å². The van der Waals surface area contributed by atoms with Crippen LogP contribution in [0.5, 0.6) is 0 Å². The fourth-order valence-corrected chi connectivity index (χ4v) is 3.89. The van der Waals surface area contributed by atoms with Crippen LogP contribution in [-0.2, 0) is 11.2 Å². The van der Waals surface area contributed by atoms with E-state index in [0.717, 1.165) is 44.4 Å². The van der Waals surface area contributed by atoms with Crippen LogP contribution in [0, 0.1) is 17.8 Å². The zero-order valence-electron chi connectivity index (χ0n) is 13.1. The van der Waals surface area contributed by atoms with Crippen LogP contribution >= 0.6 is 0 Å². The predicted molar refractivity (Wildman–Crippen MR) is 86.2 cm³/mol. The van der Waals surface area contributed by atoms with E-state index in [2.05, 4.69) is 31.2 Å². The summed E-state index contributed by atoms with van der Waals surface area (Å²) >= 11 is 0. The van der Waals surface area contributed by atoms with Gasteiger partial charge in [0.05, 0.1) is 5.92 Å². The van der Waals surface area contributed by atoms with Crippen LogP contribution in [0.15, 0.2) is 30.3 Å². The minimum absolute atomic E-state index is 0.103. The van der Waals surface area contributed by atoms with Gasteiger partial charge in [0.2, 0.25) is 0 Å². The van der Waals surface area contributed by atoms with E-state index in [0.29, 0.717) is 5.92 Å². The minimum Gasteiger partial charge on any atom is -0.481 e. The van der Waals surface area contributed by atoms with Crippen LogP contribution in [-0.4, -0.2) is 11.1 Å². The average molecular weight is 288 g/mol. The molecule has 0 saturated heterocycles. The van der Waals surface area contributed by atoms with Crippen LogP contribution in [0.2, 0.25) is 0 Å². The highest BCUT2D eigenvalue weighted by molar-refractivity contribution is 5.70. The van der Waals surface area contributed by atoms with Crippen LogP contribution in [0.4, 0.5) is 0 Å². The summed E-state index contributed by atoms with van der Waals surface area (Å²) in [7, 11) is 0. The largest absolute Gasteiger partial charge is 0.481 e. The summed E-state index contributed by atoms with van der Waals surface area (Å²) in [6.45, 7) is 2.23. The second-order valence-corrected chi connectivity index (χ2v) is 6.55. The first-order valence-electron chi connectivity index (χ1n) is 8.47. The molecule has 1 fully saturated rings. The molecular formula is C19H28O2. The number of aryl methyl sites for hydroxylation is 1. The molecule has 0 heterocycles. The molecule has 2 rings (SSSR count). The van der Waals surface area contributed by atoms with E-state index >= 15 is 0 Å². The van der Waals surface area contributed by atoms with Gasteiger partial charge in [0.1, 0.15) is 0 Å². The highest BCUT2D eigenvalue weighted by Gasteiger charge is 2.34. The fourth-order valence-electron chi connectivity index (χ4n) is 3.89. The van der Waals surface area contributed by atoms with Gasteiger partial charge in [-0.2, -0.15) is 0 Å². The quantitative estimate of drug-likeness (QED) is 0.772. The highest BCUT2D eigenvalue weighted by atomic mass is 16.4. The molecule has 3 unspecified atom stereocenters. The molecule has 116 valence electrons. The van der Waals surface area contributed by atoms with Crippen molar-refractivity contribution in [3.63, 3.8) is 0 Å². The van der Waals surface area contributed by atoms with Gasteiger partial charge in [-0.05, 0) is 55.9 Å². The third kappa shape index (κ3) is 4.87. The lowest BCUT2D eigenvalue weighted by atomic mass is 9.71. The molecule has 0 aliphatic heterocycles. The molecular weight excluding hydrogens is 260 g/mol. The molecule has 1 aromatic carbocycles. The summed E-state index contributed by atoms with van der Waals surface area (Å²) in [6, 6.07) is 10.5. The van der Waals surface area contributed by atoms with Gasteiger partial charge in [0.15, 0.2) is 0 Å². The molecule has 0 spiro atoms. The molecule has 2 heteroatoms. The zero-order chi connectivity index (χ0) is 15.1. The smallest absolute Gasteiger partial charge is 0.306 e. The molecule has 1 aliphatic carbocycles. The third-order valence-electron chi connectivity index (χ3n) is 4.99. The Morgan fingerprint density at radius 3 is 2.62 bits per heavy atom. The van der Waals surface area contributed by atoms with Crippen LogP contribution < -0.4 is 0 Å². The number of hydrogen-bond donors (Lipinski definition) is 1.